The first-order valence-corrected chi connectivity index (χ1v) is 37.7. The van der Waals surface area contributed by atoms with Crippen LogP contribution in [0.3, 0.4) is 0 Å². The van der Waals surface area contributed by atoms with E-state index >= 15 is 0 Å². The van der Waals surface area contributed by atoms with Gasteiger partial charge in [0.25, 0.3) is 0 Å². The minimum Gasteiger partial charge on any atom is -0.147 e. The number of halogens is 2. The van der Waals surface area contributed by atoms with E-state index in [0.717, 1.165) is 11.8 Å². The summed E-state index contributed by atoms with van der Waals surface area (Å²) in [6, 6.07) is 47.7. The van der Waals surface area contributed by atoms with Crippen LogP contribution in [0.25, 0.3) is 56.7 Å². The molecule has 2 atom stereocenters. The number of rotatable bonds is 10. The first kappa shape index (κ1) is 47.0. The maximum absolute atomic E-state index is 4.22. The maximum Gasteiger partial charge on any atom is -0.147 e. The molecule has 0 heterocycles. The molecule has 0 saturated heterocycles. The van der Waals surface area contributed by atoms with Crippen molar-refractivity contribution in [2.24, 2.45) is 11.8 Å². The molecule has 64 heavy (non-hydrogen) atoms. The van der Waals surface area contributed by atoms with Crippen molar-refractivity contribution in [3.63, 3.8) is 0 Å². The maximum atomic E-state index is 2.93. The van der Waals surface area contributed by atoms with E-state index in [2.05, 4.69) is 177 Å². The van der Waals surface area contributed by atoms with E-state index in [4.69, 9.17) is 0 Å². The van der Waals surface area contributed by atoms with Crippen LogP contribution in [-0.2, 0) is 17.4 Å². The Kier molecular flexibility index (Phi) is 13.7. The van der Waals surface area contributed by atoms with E-state index in [1.807, 2.05) is 0 Å². The Hall–Kier alpha value is -3.52. The molecule has 4 heteroatoms. The minimum absolute atomic E-state index is 0. The molecule has 2 fully saturated rings. The van der Waals surface area contributed by atoms with Gasteiger partial charge in [-0.1, -0.05) is 0 Å². The Morgan fingerprint density at radius 1 is 0.406 bits per heavy atom. The zero-order valence-corrected chi connectivity index (χ0v) is 44.6. The fourth-order valence-corrected chi connectivity index (χ4v) is 32.3. The van der Waals surface area contributed by atoms with Gasteiger partial charge in [0, 0.05) is 0 Å². The Bertz CT molecular complexity index is 2600. The van der Waals surface area contributed by atoms with Crippen LogP contribution in [0.2, 0.25) is 9.26 Å². The molecule has 4 aliphatic carbocycles. The van der Waals surface area contributed by atoms with Crippen LogP contribution < -0.4 is 0 Å². The van der Waals surface area contributed by atoms with Gasteiger partial charge in [0.1, 0.15) is 0 Å². The second-order valence-electron chi connectivity index (χ2n) is 21.4. The molecule has 0 spiro atoms. The van der Waals surface area contributed by atoms with Gasteiger partial charge in [-0.15, -0.1) is 24.8 Å². The third-order valence-electron chi connectivity index (χ3n) is 15.9. The van der Waals surface area contributed by atoms with Crippen LogP contribution in [0.15, 0.2) is 132 Å². The predicted octanol–water partition coefficient (Wildman–Crippen LogP) is 17.5. The molecule has 6 aromatic carbocycles. The third-order valence-corrected chi connectivity index (χ3v) is 33.3. The van der Waals surface area contributed by atoms with E-state index in [-0.39, 0.29) is 24.8 Å². The van der Waals surface area contributed by atoms with Crippen molar-refractivity contribution < 1.29 is 17.4 Å². The Morgan fingerprint density at radius 3 is 0.969 bits per heavy atom. The minimum atomic E-state index is -4.22. The van der Waals surface area contributed by atoms with Crippen LogP contribution in [0, 0.1) is 39.5 Å². The molecule has 6 aromatic rings. The van der Waals surface area contributed by atoms with E-state index in [9.17, 15) is 0 Å². The van der Waals surface area contributed by atoms with Crippen molar-refractivity contribution in [2.75, 3.05) is 0 Å². The van der Waals surface area contributed by atoms with Crippen LogP contribution in [0.5, 0.6) is 0 Å². The fourth-order valence-electron chi connectivity index (χ4n) is 12.8. The zero-order valence-electron chi connectivity index (χ0n) is 39.1. The third kappa shape index (κ3) is 8.76. The predicted molar refractivity (Wildman–Crippen MR) is 283 cm³/mol. The van der Waals surface area contributed by atoms with Gasteiger partial charge < -0.3 is 0 Å². The molecular weight excluding hydrogens is 911 g/mol. The van der Waals surface area contributed by atoms with Crippen molar-refractivity contribution in [2.45, 2.75) is 108 Å². The van der Waals surface area contributed by atoms with Crippen molar-refractivity contribution in [3.8, 4) is 44.5 Å². The molecular formula is C60H68Cl2SiZr. The van der Waals surface area contributed by atoms with Crippen LogP contribution in [0.4, 0.5) is 0 Å². The molecule has 0 N–H and O–H groups in total. The summed E-state index contributed by atoms with van der Waals surface area (Å²) in [5, 5.41) is 0. The van der Waals surface area contributed by atoms with Gasteiger partial charge in [0.2, 0.25) is 0 Å². The second kappa shape index (κ2) is 18.6. The van der Waals surface area contributed by atoms with Gasteiger partial charge in [0.15, 0.2) is 0 Å². The monoisotopic (exact) mass is 976 g/mol. The molecule has 2 unspecified atom stereocenters. The summed E-state index contributed by atoms with van der Waals surface area (Å²) >= 11 is -4.22. The fraction of sp³-hybridized carbons (Fsp3) is 0.333. The molecule has 0 bridgehead atoms. The normalized spacial score (nSPS) is 18.5. The van der Waals surface area contributed by atoms with Gasteiger partial charge in [0.05, 0.1) is 0 Å². The van der Waals surface area contributed by atoms with Crippen molar-refractivity contribution >= 4 is 43.8 Å². The number of hydrogen-bond donors (Lipinski definition) is 0. The van der Waals surface area contributed by atoms with Gasteiger partial charge in [-0.05, 0) is 0 Å². The SMILES string of the molecule is Cc1ccc(-c2ccc(-c3ccc(C)cc3)c3c2C=C(CC2CCCC2)[CH]3[Zr]([CH3])([CH3])(=[SiH2])[CH]2C(CC3CCCC3)=Cc3c(-c4ccc(C)cc4)ccc(-c4ccc(C)cc4)c32)cc1.Cl.Cl. The topological polar surface area (TPSA) is 0 Å². The zero-order chi connectivity index (χ0) is 42.8. The van der Waals surface area contributed by atoms with Crippen LogP contribution in [-0.4, -0.2) is 6.88 Å². The van der Waals surface area contributed by atoms with E-state index in [1.165, 1.54) is 142 Å². The largest absolute Gasteiger partial charge is 0.147 e. The first-order chi connectivity index (χ1) is 29.9. The summed E-state index contributed by atoms with van der Waals surface area (Å²) < 4.78 is 6.73. The first-order valence-electron chi connectivity index (χ1n) is 24.0. The number of fused-ring (bicyclic) bond motifs is 2. The number of hydrogen-bond acceptors (Lipinski definition) is 0. The molecule has 0 aromatic heterocycles. The Morgan fingerprint density at radius 2 is 0.672 bits per heavy atom. The van der Waals surface area contributed by atoms with Crippen molar-refractivity contribution in [1.29, 1.82) is 0 Å². The summed E-state index contributed by atoms with van der Waals surface area (Å²) in [7, 11) is 0. The second-order valence-corrected chi connectivity index (χ2v) is 51.9. The van der Waals surface area contributed by atoms with E-state index in [0.29, 0.717) is 7.25 Å². The molecule has 330 valence electrons. The molecule has 10 rings (SSSR count). The summed E-state index contributed by atoms with van der Waals surface area (Å²) in [4.78, 5) is 0. The van der Waals surface area contributed by atoms with Gasteiger partial charge in [-0.2, -0.15) is 0 Å². The molecule has 4 aliphatic rings. The number of aryl methyl sites for hydroxylation is 4. The van der Waals surface area contributed by atoms with E-state index < -0.39 is 17.4 Å². The van der Waals surface area contributed by atoms with E-state index in [1.54, 1.807) is 22.3 Å². The molecule has 2 saturated carbocycles. The Balaban J connectivity index is 0.00000280. The van der Waals surface area contributed by atoms with Gasteiger partial charge in [-0.3, -0.25) is 0 Å². The van der Waals surface area contributed by atoms with Crippen LogP contribution in [0.1, 0.15) is 116 Å². The summed E-state index contributed by atoms with van der Waals surface area (Å²) in [6.45, 7) is 11.5. The quantitative estimate of drug-likeness (QED) is 0.120. The molecule has 0 aliphatic heterocycles. The average molecular weight is 979 g/mol. The Labute approximate surface area is 399 Å². The van der Waals surface area contributed by atoms with Gasteiger partial charge in [-0.25, -0.2) is 0 Å². The summed E-state index contributed by atoms with van der Waals surface area (Å²) in [5.41, 5.74) is 26.3. The smallest absolute Gasteiger partial charge is 0.147 e. The van der Waals surface area contributed by atoms with Crippen molar-refractivity contribution in [3.05, 3.63) is 177 Å². The summed E-state index contributed by atoms with van der Waals surface area (Å²) in [6.07, 6.45) is 19.0. The number of benzene rings is 6. The van der Waals surface area contributed by atoms with Crippen molar-refractivity contribution in [1.82, 2.24) is 0 Å². The molecule has 0 amide bonds. The van der Waals surface area contributed by atoms with Gasteiger partial charge >= 0.3 is 378 Å². The van der Waals surface area contributed by atoms with Crippen LogP contribution >= 0.6 is 24.8 Å². The molecule has 0 nitrogen and oxygen atoms in total. The standard InChI is InChI=1S/2C29H29.2CH3.2ClH.H2Si.Zr/c2*1-20-7-11-24(12-8-20)26-15-16-27(25-13-9-21(2)10-14-25)29-19-23(18-28(26)29)17-22-5-3-4-6-22;;;;;;/h2*7-16,18-19,22H,3-6,17H2,1-2H3;2*1H3;2*1H;1H2;. The summed E-state index contributed by atoms with van der Waals surface area (Å²) in [5.74, 6) is 1.55. The number of allylic oxidation sites excluding steroid dienone is 2. The average Bonchev–Trinajstić information content (AvgIpc) is 4.10. The molecule has 0 radical (unpaired) electrons.